The molecule has 0 aliphatic carbocycles. The summed E-state index contributed by atoms with van der Waals surface area (Å²) in [5.41, 5.74) is 2.86. The first-order valence-electron chi connectivity index (χ1n) is 5.86. The number of anilines is 1. The van der Waals surface area contributed by atoms with Gasteiger partial charge < -0.3 is 10.1 Å². The fourth-order valence-electron chi connectivity index (χ4n) is 2.85. The zero-order chi connectivity index (χ0) is 10.1. The van der Waals surface area contributed by atoms with Crippen molar-refractivity contribution in [1.29, 1.82) is 0 Å². The third-order valence-electron chi connectivity index (χ3n) is 3.71. The summed E-state index contributed by atoms with van der Waals surface area (Å²) in [6.45, 7) is 3.01. The summed E-state index contributed by atoms with van der Waals surface area (Å²) in [7, 11) is 0. The second-order valence-corrected chi connectivity index (χ2v) is 4.52. The highest BCUT2D eigenvalue weighted by Crippen LogP contribution is 2.39. The van der Waals surface area contributed by atoms with Crippen LogP contribution in [0.25, 0.3) is 0 Å². The minimum absolute atomic E-state index is 0.713. The zero-order valence-corrected chi connectivity index (χ0v) is 8.91. The highest BCUT2D eigenvalue weighted by atomic mass is 16.5. The van der Waals surface area contributed by atoms with Crippen molar-refractivity contribution >= 4 is 5.69 Å². The molecule has 80 valence electrons. The Labute approximate surface area is 90.6 Å². The van der Waals surface area contributed by atoms with Crippen molar-refractivity contribution in [3.63, 3.8) is 0 Å². The van der Waals surface area contributed by atoms with Crippen molar-refractivity contribution in [3.05, 3.63) is 29.8 Å². The Bertz CT molecular complexity index is 344. The van der Waals surface area contributed by atoms with Crippen molar-refractivity contribution in [1.82, 2.24) is 0 Å². The highest BCUT2D eigenvalue weighted by Gasteiger charge is 2.30. The molecule has 0 aromatic heterocycles. The standard InChI is InChI=1S/C13H17NO/c1-2-4-13-11(3-1)12(9-14-13)10-5-7-15-8-6-10/h1-4,10,12,14H,5-9H2/t12-/m0/s1. The topological polar surface area (TPSA) is 21.3 Å². The van der Waals surface area contributed by atoms with Crippen LogP contribution in [0.1, 0.15) is 24.3 Å². The van der Waals surface area contributed by atoms with Gasteiger partial charge in [-0.3, -0.25) is 0 Å². The van der Waals surface area contributed by atoms with E-state index in [0.717, 1.165) is 25.7 Å². The summed E-state index contributed by atoms with van der Waals surface area (Å²) in [5.74, 6) is 1.53. The van der Waals surface area contributed by atoms with Crippen LogP contribution in [-0.2, 0) is 4.74 Å². The highest BCUT2D eigenvalue weighted by molar-refractivity contribution is 5.57. The first-order valence-corrected chi connectivity index (χ1v) is 5.86. The summed E-state index contributed by atoms with van der Waals surface area (Å²) in [4.78, 5) is 0. The molecule has 1 saturated heterocycles. The molecule has 0 bridgehead atoms. The van der Waals surface area contributed by atoms with Crippen molar-refractivity contribution in [3.8, 4) is 0 Å². The van der Waals surface area contributed by atoms with E-state index in [4.69, 9.17) is 4.74 Å². The lowest BCUT2D eigenvalue weighted by atomic mass is 9.83. The van der Waals surface area contributed by atoms with Crippen LogP contribution in [-0.4, -0.2) is 19.8 Å². The molecule has 15 heavy (non-hydrogen) atoms. The summed E-state index contributed by atoms with van der Waals surface area (Å²) in [6, 6.07) is 8.72. The van der Waals surface area contributed by atoms with Crippen molar-refractivity contribution < 1.29 is 4.74 Å². The van der Waals surface area contributed by atoms with Gasteiger partial charge in [0, 0.05) is 31.4 Å². The molecule has 1 N–H and O–H groups in total. The van der Waals surface area contributed by atoms with Gasteiger partial charge in [0.15, 0.2) is 0 Å². The van der Waals surface area contributed by atoms with Gasteiger partial charge in [-0.2, -0.15) is 0 Å². The molecular weight excluding hydrogens is 186 g/mol. The number of benzene rings is 1. The van der Waals surface area contributed by atoms with Gasteiger partial charge in [0.05, 0.1) is 0 Å². The fraction of sp³-hybridized carbons (Fsp3) is 0.538. The van der Waals surface area contributed by atoms with Crippen LogP contribution >= 0.6 is 0 Å². The van der Waals surface area contributed by atoms with E-state index < -0.39 is 0 Å². The Hall–Kier alpha value is -1.02. The molecule has 2 heteroatoms. The molecular formula is C13H17NO. The van der Waals surface area contributed by atoms with Gasteiger partial charge >= 0.3 is 0 Å². The molecule has 2 aliphatic heterocycles. The van der Waals surface area contributed by atoms with Gasteiger partial charge in [0.25, 0.3) is 0 Å². The third kappa shape index (κ3) is 1.63. The molecule has 1 aromatic carbocycles. The second-order valence-electron chi connectivity index (χ2n) is 4.52. The fourth-order valence-corrected chi connectivity index (χ4v) is 2.85. The maximum absolute atomic E-state index is 5.43. The molecule has 2 nitrogen and oxygen atoms in total. The van der Waals surface area contributed by atoms with Gasteiger partial charge in [-0.25, -0.2) is 0 Å². The molecule has 0 unspecified atom stereocenters. The average molecular weight is 203 g/mol. The van der Waals surface area contributed by atoms with Crippen LogP contribution in [0.3, 0.4) is 0 Å². The van der Waals surface area contributed by atoms with Gasteiger partial charge in [0.1, 0.15) is 0 Å². The molecule has 0 saturated carbocycles. The Morgan fingerprint density at radius 2 is 1.93 bits per heavy atom. The summed E-state index contributed by atoms with van der Waals surface area (Å²) in [5, 5.41) is 3.51. The van der Waals surface area contributed by atoms with E-state index in [9.17, 15) is 0 Å². The van der Waals surface area contributed by atoms with Crippen molar-refractivity contribution in [2.45, 2.75) is 18.8 Å². The predicted molar refractivity (Wildman–Crippen MR) is 61.2 cm³/mol. The number of fused-ring (bicyclic) bond motifs is 1. The number of rotatable bonds is 1. The molecule has 1 aromatic rings. The average Bonchev–Trinajstić information content (AvgIpc) is 2.74. The summed E-state index contributed by atoms with van der Waals surface area (Å²) in [6.07, 6.45) is 2.45. The smallest absolute Gasteiger partial charge is 0.0468 e. The number of nitrogens with one attached hydrogen (secondary N) is 1. The van der Waals surface area contributed by atoms with E-state index in [-0.39, 0.29) is 0 Å². The monoisotopic (exact) mass is 203 g/mol. The van der Waals surface area contributed by atoms with Gasteiger partial charge in [-0.05, 0) is 30.4 Å². The van der Waals surface area contributed by atoms with E-state index >= 15 is 0 Å². The normalized spacial score (nSPS) is 26.0. The number of hydrogen-bond acceptors (Lipinski definition) is 2. The largest absolute Gasteiger partial charge is 0.384 e. The van der Waals surface area contributed by atoms with Crippen LogP contribution in [0.15, 0.2) is 24.3 Å². The van der Waals surface area contributed by atoms with Crippen LogP contribution in [0.2, 0.25) is 0 Å². The van der Waals surface area contributed by atoms with Gasteiger partial charge in [-0.1, -0.05) is 18.2 Å². The van der Waals surface area contributed by atoms with Crippen LogP contribution < -0.4 is 5.32 Å². The first kappa shape index (κ1) is 9.22. The lowest BCUT2D eigenvalue weighted by molar-refractivity contribution is 0.0597. The molecule has 1 fully saturated rings. The zero-order valence-electron chi connectivity index (χ0n) is 8.91. The van der Waals surface area contributed by atoms with E-state index in [1.165, 1.54) is 24.1 Å². The van der Waals surface area contributed by atoms with Crippen molar-refractivity contribution in [2.75, 3.05) is 25.1 Å². The van der Waals surface area contributed by atoms with E-state index in [0.29, 0.717) is 5.92 Å². The quantitative estimate of drug-likeness (QED) is 0.757. The van der Waals surface area contributed by atoms with E-state index in [1.54, 1.807) is 0 Å². The van der Waals surface area contributed by atoms with Gasteiger partial charge in [0.2, 0.25) is 0 Å². The minimum Gasteiger partial charge on any atom is -0.384 e. The predicted octanol–water partition coefficient (Wildman–Crippen LogP) is 2.62. The van der Waals surface area contributed by atoms with Crippen LogP contribution in [0.5, 0.6) is 0 Å². The molecule has 0 amide bonds. The minimum atomic E-state index is 0.713. The van der Waals surface area contributed by atoms with E-state index in [1.807, 2.05) is 0 Å². The number of para-hydroxylation sites is 1. The Balaban J connectivity index is 1.83. The first-order chi connectivity index (χ1) is 7.45. The van der Waals surface area contributed by atoms with Gasteiger partial charge in [-0.15, -0.1) is 0 Å². The van der Waals surface area contributed by atoms with Crippen LogP contribution in [0, 0.1) is 5.92 Å². The number of ether oxygens (including phenoxy) is 1. The lowest BCUT2D eigenvalue weighted by Gasteiger charge is -2.27. The Morgan fingerprint density at radius 1 is 1.13 bits per heavy atom. The second kappa shape index (κ2) is 3.86. The van der Waals surface area contributed by atoms with Crippen LogP contribution in [0.4, 0.5) is 5.69 Å². The molecule has 2 heterocycles. The lowest BCUT2D eigenvalue weighted by Crippen LogP contribution is -2.23. The molecule has 2 aliphatic rings. The SMILES string of the molecule is c1ccc2c(c1)NC[C@H]2C1CCOCC1. The summed E-state index contributed by atoms with van der Waals surface area (Å²) < 4.78 is 5.43. The molecule has 1 atom stereocenters. The Morgan fingerprint density at radius 3 is 2.80 bits per heavy atom. The maximum Gasteiger partial charge on any atom is 0.0468 e. The maximum atomic E-state index is 5.43. The molecule has 3 rings (SSSR count). The third-order valence-corrected chi connectivity index (χ3v) is 3.71. The Kier molecular flexibility index (Phi) is 2.37. The molecule has 0 radical (unpaired) electrons. The van der Waals surface area contributed by atoms with E-state index in [2.05, 4.69) is 29.6 Å². The summed E-state index contributed by atoms with van der Waals surface area (Å²) >= 11 is 0. The van der Waals surface area contributed by atoms with Crippen molar-refractivity contribution in [2.24, 2.45) is 5.92 Å². The number of hydrogen-bond donors (Lipinski definition) is 1. The molecule has 0 spiro atoms.